The number of benzene rings is 1. The lowest BCUT2D eigenvalue weighted by Crippen LogP contribution is -2.02. The number of rotatable bonds is 16. The maximum absolute atomic E-state index is 12.1. The van der Waals surface area contributed by atoms with Gasteiger partial charge in [-0.05, 0) is 24.6 Å². The van der Waals surface area contributed by atoms with E-state index in [0.29, 0.717) is 5.39 Å². The second-order valence-electron chi connectivity index (χ2n) is 8.98. The van der Waals surface area contributed by atoms with Gasteiger partial charge < -0.3 is 9.72 Å². The predicted molar refractivity (Wildman–Crippen MR) is 136 cm³/mol. The van der Waals surface area contributed by atoms with Crippen LogP contribution in [0.25, 0.3) is 21.8 Å². The van der Waals surface area contributed by atoms with Crippen LogP contribution in [0.4, 0.5) is 0 Å². The van der Waals surface area contributed by atoms with Crippen LogP contribution in [0.5, 0.6) is 5.75 Å². The molecule has 1 aromatic carbocycles. The molecule has 4 nitrogen and oxygen atoms in total. The molecule has 0 aliphatic heterocycles. The van der Waals surface area contributed by atoms with E-state index in [1.165, 1.54) is 83.5 Å². The van der Waals surface area contributed by atoms with Gasteiger partial charge in [0.1, 0.15) is 5.75 Å². The van der Waals surface area contributed by atoms with Gasteiger partial charge in [0, 0.05) is 29.2 Å². The van der Waals surface area contributed by atoms with Gasteiger partial charge in [0.2, 0.25) is 0 Å². The molecule has 0 saturated carbocycles. The Balaban J connectivity index is 1.29. The molecule has 0 atom stereocenters. The summed E-state index contributed by atoms with van der Waals surface area (Å²) in [5.41, 5.74) is 1.58. The number of aromatic nitrogens is 2. The fourth-order valence-electron chi connectivity index (χ4n) is 4.44. The van der Waals surface area contributed by atoms with Crippen molar-refractivity contribution in [1.29, 1.82) is 0 Å². The van der Waals surface area contributed by atoms with E-state index in [0.717, 1.165) is 35.2 Å². The van der Waals surface area contributed by atoms with Crippen molar-refractivity contribution in [3.8, 4) is 5.75 Å². The van der Waals surface area contributed by atoms with Crippen molar-refractivity contribution in [2.75, 3.05) is 6.61 Å². The molecule has 0 radical (unpaired) electrons. The highest BCUT2D eigenvalue weighted by atomic mass is 16.5. The average Bonchev–Trinajstić information content (AvgIpc) is 2.81. The summed E-state index contributed by atoms with van der Waals surface area (Å²) in [7, 11) is 0. The Morgan fingerprint density at radius 2 is 1.34 bits per heavy atom. The Hall–Kier alpha value is -2.36. The Morgan fingerprint density at radius 1 is 0.750 bits per heavy atom. The molecule has 0 aliphatic rings. The quantitative estimate of drug-likeness (QED) is 0.183. The molecule has 1 N–H and O–H groups in total. The van der Waals surface area contributed by atoms with Gasteiger partial charge in [-0.15, -0.1) is 0 Å². The number of nitrogens with zero attached hydrogens (tertiary/aromatic N) is 1. The molecule has 0 spiro atoms. The summed E-state index contributed by atoms with van der Waals surface area (Å²) in [6.07, 6.45) is 22.4. The Kier molecular flexibility index (Phi) is 10.6. The predicted octanol–water partition coefficient (Wildman–Crippen LogP) is 7.94. The van der Waals surface area contributed by atoms with Crippen molar-refractivity contribution >= 4 is 21.8 Å². The van der Waals surface area contributed by atoms with Crippen LogP contribution < -0.4 is 10.2 Å². The number of pyridine rings is 2. The van der Waals surface area contributed by atoms with Crippen LogP contribution in [0.2, 0.25) is 0 Å². The summed E-state index contributed by atoms with van der Waals surface area (Å²) < 4.78 is 6.07. The van der Waals surface area contributed by atoms with Gasteiger partial charge in [-0.3, -0.25) is 9.78 Å². The number of aromatic amines is 1. The number of ether oxygens (including phenoxy) is 1. The fourth-order valence-corrected chi connectivity index (χ4v) is 4.44. The molecule has 2 heterocycles. The monoisotopic (exact) mass is 436 g/mol. The number of fused-ring (bicyclic) bond motifs is 3. The highest BCUT2D eigenvalue weighted by molar-refractivity contribution is 6.04. The molecule has 0 unspecified atom stereocenters. The lowest BCUT2D eigenvalue weighted by Gasteiger charge is -2.10. The lowest BCUT2D eigenvalue weighted by molar-refractivity contribution is 0.307. The van der Waals surface area contributed by atoms with E-state index in [-0.39, 0.29) is 5.43 Å². The highest BCUT2D eigenvalue weighted by Crippen LogP contribution is 2.28. The molecule has 4 heteroatoms. The molecule has 0 fully saturated rings. The molecular formula is C28H40N2O2. The maximum atomic E-state index is 12.1. The minimum atomic E-state index is 0.0104. The van der Waals surface area contributed by atoms with Crippen LogP contribution in [0, 0.1) is 0 Å². The molecular weight excluding hydrogens is 396 g/mol. The maximum Gasteiger partial charge on any atom is 0.189 e. The standard InChI is InChI=1S/C28H40N2O2/c1-2-3-4-5-6-7-8-9-10-11-12-13-14-15-22-32-26-19-21-30-28-24(26)17-16-23-25(31)18-20-29-27(23)28/h16-21H,2-15,22H2,1H3,(H,29,31). The van der Waals surface area contributed by atoms with Gasteiger partial charge in [0.15, 0.2) is 5.43 Å². The first kappa shape index (κ1) is 24.3. The number of hydrogen-bond acceptors (Lipinski definition) is 3. The second-order valence-corrected chi connectivity index (χ2v) is 8.98. The lowest BCUT2D eigenvalue weighted by atomic mass is 10.0. The third kappa shape index (κ3) is 7.36. The first-order chi connectivity index (χ1) is 15.8. The Morgan fingerprint density at radius 3 is 2.00 bits per heavy atom. The van der Waals surface area contributed by atoms with Crippen LogP contribution in [0.3, 0.4) is 0 Å². The van der Waals surface area contributed by atoms with Crippen LogP contribution in [-0.4, -0.2) is 16.6 Å². The topological polar surface area (TPSA) is 55.0 Å². The van der Waals surface area contributed by atoms with Gasteiger partial charge >= 0.3 is 0 Å². The summed E-state index contributed by atoms with van der Waals surface area (Å²) in [4.78, 5) is 19.7. The zero-order valence-corrected chi connectivity index (χ0v) is 19.8. The fraction of sp³-hybridized carbons (Fsp3) is 0.571. The first-order valence-corrected chi connectivity index (χ1v) is 12.8. The van der Waals surface area contributed by atoms with Gasteiger partial charge in [-0.2, -0.15) is 0 Å². The second kappa shape index (κ2) is 13.9. The highest BCUT2D eigenvalue weighted by Gasteiger charge is 2.08. The summed E-state index contributed by atoms with van der Waals surface area (Å²) >= 11 is 0. The van der Waals surface area contributed by atoms with E-state index in [4.69, 9.17) is 4.74 Å². The van der Waals surface area contributed by atoms with Crippen molar-refractivity contribution in [1.82, 2.24) is 9.97 Å². The van der Waals surface area contributed by atoms with Crippen LogP contribution in [0.1, 0.15) is 96.8 Å². The Bertz CT molecular complexity index is 996. The van der Waals surface area contributed by atoms with E-state index in [1.54, 1.807) is 18.5 Å². The number of nitrogens with one attached hydrogen (secondary N) is 1. The van der Waals surface area contributed by atoms with Gasteiger partial charge in [0.25, 0.3) is 0 Å². The van der Waals surface area contributed by atoms with Crippen molar-refractivity contribution in [2.45, 2.75) is 96.8 Å². The third-order valence-electron chi connectivity index (χ3n) is 6.36. The molecule has 3 aromatic rings. The summed E-state index contributed by atoms with van der Waals surface area (Å²) in [6, 6.07) is 7.26. The van der Waals surface area contributed by atoms with Crippen molar-refractivity contribution in [3.63, 3.8) is 0 Å². The molecule has 3 rings (SSSR count). The largest absolute Gasteiger partial charge is 0.493 e. The van der Waals surface area contributed by atoms with Gasteiger partial charge in [-0.25, -0.2) is 0 Å². The van der Waals surface area contributed by atoms with Gasteiger partial charge in [0.05, 0.1) is 17.6 Å². The SMILES string of the molecule is CCCCCCCCCCCCCCCCOc1ccnc2c1ccc1c(=O)cc[nH]c12. The normalized spacial score (nSPS) is 11.4. The smallest absolute Gasteiger partial charge is 0.189 e. The summed E-state index contributed by atoms with van der Waals surface area (Å²) in [5, 5.41) is 1.61. The molecule has 32 heavy (non-hydrogen) atoms. The van der Waals surface area contributed by atoms with E-state index in [9.17, 15) is 4.79 Å². The van der Waals surface area contributed by atoms with Crippen LogP contribution in [-0.2, 0) is 0 Å². The van der Waals surface area contributed by atoms with E-state index in [2.05, 4.69) is 16.9 Å². The van der Waals surface area contributed by atoms with E-state index >= 15 is 0 Å². The number of unbranched alkanes of at least 4 members (excludes halogenated alkanes) is 13. The number of H-pyrrole nitrogens is 1. The van der Waals surface area contributed by atoms with Crippen molar-refractivity contribution < 1.29 is 4.74 Å². The zero-order valence-electron chi connectivity index (χ0n) is 19.8. The molecule has 0 amide bonds. The zero-order chi connectivity index (χ0) is 22.4. The number of hydrogen-bond donors (Lipinski definition) is 1. The molecule has 174 valence electrons. The van der Waals surface area contributed by atoms with Crippen molar-refractivity contribution in [3.05, 3.63) is 46.9 Å². The van der Waals surface area contributed by atoms with Crippen LogP contribution >= 0.6 is 0 Å². The Labute approximate surface area is 192 Å². The molecule has 2 aromatic heterocycles. The minimum Gasteiger partial charge on any atom is -0.493 e. The van der Waals surface area contributed by atoms with Crippen molar-refractivity contribution in [2.24, 2.45) is 0 Å². The molecule has 0 saturated heterocycles. The summed E-state index contributed by atoms with van der Waals surface area (Å²) in [5.74, 6) is 0.844. The summed E-state index contributed by atoms with van der Waals surface area (Å²) in [6.45, 7) is 3.00. The first-order valence-electron chi connectivity index (χ1n) is 12.8. The van der Waals surface area contributed by atoms with E-state index in [1.807, 2.05) is 18.2 Å². The van der Waals surface area contributed by atoms with Crippen LogP contribution in [0.15, 0.2) is 41.5 Å². The molecule has 0 aliphatic carbocycles. The van der Waals surface area contributed by atoms with E-state index < -0.39 is 0 Å². The third-order valence-corrected chi connectivity index (χ3v) is 6.36. The average molecular weight is 437 g/mol. The van der Waals surface area contributed by atoms with Gasteiger partial charge in [-0.1, -0.05) is 90.4 Å². The molecule has 0 bridgehead atoms. The minimum absolute atomic E-state index is 0.0104.